The van der Waals surface area contributed by atoms with E-state index in [0.717, 1.165) is 13.1 Å². The fourth-order valence-electron chi connectivity index (χ4n) is 4.39. The Balaban J connectivity index is 0.000000322. The van der Waals surface area contributed by atoms with Gasteiger partial charge in [0.05, 0.1) is 12.1 Å². The number of carbonyl (C=O) groups is 2. The molecule has 0 N–H and O–H groups in total. The molecule has 2 aliphatic rings. The molecular formula is C27H30F6N2O9S2. The van der Waals surface area contributed by atoms with Crippen molar-refractivity contribution < 1.29 is 66.4 Å². The van der Waals surface area contributed by atoms with Gasteiger partial charge in [0.2, 0.25) is 0 Å². The van der Waals surface area contributed by atoms with Crippen molar-refractivity contribution in [3.05, 3.63) is 54.1 Å². The third-order valence-electron chi connectivity index (χ3n) is 6.66. The fraction of sp³-hybridized carbons (Fsp3) is 0.481. The number of benzene rings is 2. The number of alkyl halides is 6. The van der Waals surface area contributed by atoms with Crippen LogP contribution in [0.2, 0.25) is 0 Å². The number of ether oxygens (including phenoxy) is 2. The lowest BCUT2D eigenvalue weighted by Crippen LogP contribution is -2.53. The topological polar surface area (TPSA) is 137 Å². The average molecular weight is 705 g/mol. The zero-order valence-electron chi connectivity index (χ0n) is 24.8. The van der Waals surface area contributed by atoms with Crippen molar-refractivity contribution >= 4 is 37.7 Å². The Bertz CT molecular complexity index is 1650. The van der Waals surface area contributed by atoms with Crippen molar-refractivity contribution in [3.63, 3.8) is 0 Å². The number of likely N-dealkylation sites (tertiary alicyclic amines) is 1. The second kappa shape index (κ2) is 12.8. The zero-order valence-corrected chi connectivity index (χ0v) is 26.4. The molecule has 19 heteroatoms. The van der Waals surface area contributed by atoms with E-state index in [0.29, 0.717) is 12.8 Å². The van der Waals surface area contributed by atoms with E-state index >= 15 is 0 Å². The van der Waals surface area contributed by atoms with Crippen molar-refractivity contribution in [3.8, 4) is 11.5 Å². The number of para-hydroxylation sites is 1. The van der Waals surface area contributed by atoms with Gasteiger partial charge in [0.1, 0.15) is 22.5 Å². The number of hydrogen-bond donors (Lipinski definition) is 0. The van der Waals surface area contributed by atoms with Crippen molar-refractivity contribution in [1.82, 2.24) is 4.90 Å². The Labute approximate surface area is 261 Å². The van der Waals surface area contributed by atoms with Crippen LogP contribution in [0.1, 0.15) is 50.4 Å². The lowest BCUT2D eigenvalue weighted by Gasteiger charge is -2.44. The second-order valence-electron chi connectivity index (χ2n) is 11.2. The molecule has 0 bridgehead atoms. The summed E-state index contributed by atoms with van der Waals surface area (Å²) in [5, 5.41) is 0. The normalized spacial score (nSPS) is 16.8. The Hall–Kier alpha value is -3.74. The number of nitrogens with zero attached hydrogens (tertiary/aromatic N) is 2. The maximum absolute atomic E-state index is 12.8. The van der Waals surface area contributed by atoms with E-state index in [9.17, 15) is 52.8 Å². The van der Waals surface area contributed by atoms with Gasteiger partial charge < -0.3 is 18.6 Å². The third kappa shape index (κ3) is 8.34. The van der Waals surface area contributed by atoms with Gasteiger partial charge in [0, 0.05) is 33.0 Å². The van der Waals surface area contributed by atoms with Crippen LogP contribution in [-0.2, 0) is 24.9 Å². The molecule has 0 radical (unpaired) electrons. The van der Waals surface area contributed by atoms with E-state index in [4.69, 9.17) is 9.47 Å². The minimum absolute atomic E-state index is 0.0326. The second-order valence-corrected chi connectivity index (χ2v) is 14.7. The first kappa shape index (κ1) is 36.7. The van der Waals surface area contributed by atoms with Crippen LogP contribution < -0.4 is 13.2 Å². The van der Waals surface area contributed by atoms with Crippen molar-refractivity contribution in [2.45, 2.75) is 62.3 Å². The molecule has 11 nitrogen and oxygen atoms in total. The summed E-state index contributed by atoms with van der Waals surface area (Å²) in [4.78, 5) is 26.5. The van der Waals surface area contributed by atoms with Gasteiger partial charge in [0.15, 0.2) is 11.5 Å². The molecule has 0 atom stereocenters. The van der Waals surface area contributed by atoms with E-state index < -0.39 is 60.0 Å². The Kier molecular flexibility index (Phi) is 10.2. The number of carbonyl (C=O) groups excluding carboxylic acids is 2. The number of ketones is 1. The van der Waals surface area contributed by atoms with Gasteiger partial charge in [-0.05, 0) is 45.0 Å². The van der Waals surface area contributed by atoms with Gasteiger partial charge in [-0.1, -0.05) is 24.3 Å². The number of amides is 1. The number of fused-ring (bicyclic) bond motifs is 1. The molecule has 4 rings (SSSR count). The van der Waals surface area contributed by atoms with Crippen LogP contribution in [0.5, 0.6) is 11.5 Å². The highest BCUT2D eigenvalue weighted by Crippen LogP contribution is 2.43. The number of hydrogen-bond acceptors (Lipinski definition) is 9. The third-order valence-corrected chi connectivity index (χ3v) is 9.14. The predicted molar refractivity (Wildman–Crippen MR) is 151 cm³/mol. The molecule has 1 saturated heterocycles. The SMILES string of the molecule is CC(C)(C)OC(=O)N1CCC2(CC1)CC(=O)c1c(cccc1OS(=O)(=O)C(F)(F)F)O2.CN(c1ccccc1)S(=O)(=O)C(F)(F)F. The monoisotopic (exact) mass is 704 g/mol. The van der Waals surface area contributed by atoms with E-state index in [2.05, 4.69) is 4.18 Å². The average Bonchev–Trinajstić information content (AvgIpc) is 2.91. The van der Waals surface area contributed by atoms with Crippen molar-refractivity contribution in [2.24, 2.45) is 0 Å². The predicted octanol–water partition coefficient (Wildman–Crippen LogP) is 5.62. The van der Waals surface area contributed by atoms with Gasteiger partial charge in [0.25, 0.3) is 0 Å². The molecular weight excluding hydrogens is 674 g/mol. The number of anilines is 1. The lowest BCUT2D eigenvalue weighted by atomic mass is 9.82. The Morgan fingerprint density at radius 1 is 0.891 bits per heavy atom. The molecule has 0 unspecified atom stereocenters. The molecule has 1 fully saturated rings. The van der Waals surface area contributed by atoms with Crippen LogP contribution in [0.25, 0.3) is 0 Å². The highest BCUT2D eigenvalue weighted by Gasteiger charge is 2.51. The molecule has 46 heavy (non-hydrogen) atoms. The van der Waals surface area contributed by atoms with Crippen LogP contribution >= 0.6 is 0 Å². The smallest absolute Gasteiger partial charge is 0.486 e. The van der Waals surface area contributed by atoms with E-state index in [1.165, 1.54) is 41.3 Å². The maximum Gasteiger partial charge on any atom is 0.534 e. The summed E-state index contributed by atoms with van der Waals surface area (Å²) in [6, 6.07) is 10.6. The van der Waals surface area contributed by atoms with E-state index in [-0.39, 0.29) is 40.8 Å². The van der Waals surface area contributed by atoms with Crippen LogP contribution in [0, 0.1) is 0 Å². The lowest BCUT2D eigenvalue weighted by molar-refractivity contribution is -0.0502. The zero-order chi connectivity index (χ0) is 34.9. The highest BCUT2D eigenvalue weighted by atomic mass is 32.2. The Morgan fingerprint density at radius 3 is 1.96 bits per heavy atom. The van der Waals surface area contributed by atoms with Crippen molar-refractivity contribution in [1.29, 1.82) is 0 Å². The molecule has 2 aliphatic heterocycles. The first-order chi connectivity index (χ1) is 20.9. The molecule has 2 aromatic rings. The van der Waals surface area contributed by atoms with E-state index in [1.54, 1.807) is 26.8 Å². The molecule has 2 aromatic carbocycles. The molecule has 0 aromatic heterocycles. The van der Waals surface area contributed by atoms with E-state index in [1.807, 2.05) is 0 Å². The number of halogens is 6. The quantitative estimate of drug-likeness (QED) is 0.226. The summed E-state index contributed by atoms with van der Waals surface area (Å²) in [7, 11) is -10.4. The van der Waals surface area contributed by atoms with Crippen LogP contribution in [0.3, 0.4) is 0 Å². The van der Waals surface area contributed by atoms with Crippen LogP contribution in [-0.4, -0.2) is 76.0 Å². The number of sulfonamides is 1. The summed E-state index contributed by atoms with van der Waals surface area (Å²) < 4.78 is 135. The van der Waals surface area contributed by atoms with Gasteiger partial charge in [-0.2, -0.15) is 43.2 Å². The number of piperidine rings is 1. The number of rotatable bonds is 4. The summed E-state index contributed by atoms with van der Waals surface area (Å²) in [6.07, 6.45) is -0.0839. The summed E-state index contributed by atoms with van der Waals surface area (Å²) in [5.41, 5.74) is -12.9. The Morgan fingerprint density at radius 2 is 1.46 bits per heavy atom. The number of Topliss-reactive ketones (excluding diaryl/α,β-unsaturated/α-hetero) is 1. The van der Waals surface area contributed by atoms with Gasteiger partial charge in [-0.3, -0.25) is 9.10 Å². The summed E-state index contributed by atoms with van der Waals surface area (Å²) in [5.74, 6) is -1.39. The summed E-state index contributed by atoms with van der Waals surface area (Å²) >= 11 is 0. The first-order valence-corrected chi connectivity index (χ1v) is 16.2. The molecule has 0 aliphatic carbocycles. The first-order valence-electron chi connectivity index (χ1n) is 13.3. The molecule has 1 spiro atoms. The van der Waals surface area contributed by atoms with Gasteiger partial charge in [-0.15, -0.1) is 0 Å². The van der Waals surface area contributed by atoms with Crippen LogP contribution in [0.4, 0.5) is 36.8 Å². The van der Waals surface area contributed by atoms with Crippen molar-refractivity contribution in [2.75, 3.05) is 24.4 Å². The standard InChI is InChI=1S/C19H22F3NO7S.C8H8F3NO2S/c1-17(2,3)29-16(25)23-9-7-18(8-10-23)11-12(24)15-13(28-18)5-4-6-14(15)30-31(26,27)19(20,21)22;1-12(7-5-3-2-4-6-7)15(13,14)8(9,10)11/h4-6H,7-11H2,1-3H3;2-6H,1H3. The highest BCUT2D eigenvalue weighted by molar-refractivity contribution is 7.93. The molecule has 2 heterocycles. The van der Waals surface area contributed by atoms with Crippen LogP contribution in [0.15, 0.2) is 48.5 Å². The molecule has 0 saturated carbocycles. The van der Waals surface area contributed by atoms with Gasteiger partial charge in [-0.25, -0.2) is 4.79 Å². The minimum atomic E-state index is -5.94. The maximum atomic E-state index is 12.8. The molecule has 1 amide bonds. The van der Waals surface area contributed by atoms with Gasteiger partial charge >= 0.3 is 37.3 Å². The fourth-order valence-corrected chi connectivity index (χ4v) is 5.57. The largest absolute Gasteiger partial charge is 0.534 e. The minimum Gasteiger partial charge on any atom is -0.486 e. The molecule has 256 valence electrons. The summed E-state index contributed by atoms with van der Waals surface area (Å²) in [6.45, 7) is 5.75.